The highest BCUT2D eigenvalue weighted by Gasteiger charge is 2.19. The van der Waals surface area contributed by atoms with E-state index >= 15 is 0 Å². The third kappa shape index (κ3) is 4.29. The summed E-state index contributed by atoms with van der Waals surface area (Å²) in [6, 6.07) is 8.75. The molecule has 18 heavy (non-hydrogen) atoms. The number of nitrogens with two attached hydrogens (primary N) is 1. The van der Waals surface area contributed by atoms with Crippen molar-refractivity contribution in [3.8, 4) is 0 Å². The Morgan fingerprint density at radius 2 is 1.83 bits per heavy atom. The van der Waals surface area contributed by atoms with Gasteiger partial charge >= 0.3 is 0 Å². The molecule has 1 fully saturated rings. The molecule has 0 bridgehead atoms. The first-order chi connectivity index (χ1) is 8.77. The van der Waals surface area contributed by atoms with Crippen molar-refractivity contribution in [1.29, 1.82) is 0 Å². The summed E-state index contributed by atoms with van der Waals surface area (Å²) in [5, 5.41) is 0. The number of thioether (sulfide) groups is 1. The first kappa shape index (κ1) is 14.4. The topological polar surface area (TPSA) is 26.0 Å². The Kier molecular flexibility index (Phi) is 6.06. The standard InChI is InChI=1S/C15H22BrNS/c16-13-9-5-6-10-15(13)18-11-14(17)12-7-3-1-2-4-8-12/h5-6,9-10,12,14H,1-4,7-8,11,17H2. The molecule has 1 unspecified atom stereocenters. The van der Waals surface area contributed by atoms with Gasteiger partial charge in [0.2, 0.25) is 0 Å². The van der Waals surface area contributed by atoms with Gasteiger partial charge in [0.05, 0.1) is 0 Å². The second-order valence-corrected chi connectivity index (χ2v) is 7.07. The molecule has 0 aliphatic heterocycles. The van der Waals surface area contributed by atoms with Crippen LogP contribution in [0.1, 0.15) is 38.5 Å². The third-order valence-corrected chi connectivity index (χ3v) is 5.95. The van der Waals surface area contributed by atoms with Crippen LogP contribution in [0.25, 0.3) is 0 Å². The van der Waals surface area contributed by atoms with E-state index in [9.17, 15) is 0 Å². The van der Waals surface area contributed by atoms with Crippen LogP contribution in [0.3, 0.4) is 0 Å². The molecule has 1 saturated carbocycles. The van der Waals surface area contributed by atoms with Crippen molar-refractivity contribution in [2.75, 3.05) is 5.75 Å². The van der Waals surface area contributed by atoms with E-state index in [0.717, 1.165) is 11.7 Å². The van der Waals surface area contributed by atoms with Gasteiger partial charge in [-0.1, -0.05) is 37.8 Å². The van der Waals surface area contributed by atoms with Crippen LogP contribution in [0.5, 0.6) is 0 Å². The van der Waals surface area contributed by atoms with E-state index in [1.165, 1.54) is 47.9 Å². The molecule has 1 aliphatic rings. The molecule has 3 heteroatoms. The third-order valence-electron chi connectivity index (χ3n) is 3.77. The summed E-state index contributed by atoms with van der Waals surface area (Å²) >= 11 is 5.48. The van der Waals surface area contributed by atoms with Crippen LogP contribution in [0.2, 0.25) is 0 Å². The van der Waals surface area contributed by atoms with Crippen LogP contribution in [-0.2, 0) is 0 Å². The summed E-state index contributed by atoms with van der Waals surface area (Å²) < 4.78 is 1.18. The molecule has 0 saturated heterocycles. The molecule has 2 N–H and O–H groups in total. The van der Waals surface area contributed by atoms with Gasteiger partial charge in [-0.25, -0.2) is 0 Å². The Morgan fingerprint density at radius 3 is 2.50 bits per heavy atom. The van der Waals surface area contributed by atoms with Crippen LogP contribution < -0.4 is 5.73 Å². The first-order valence-electron chi connectivity index (χ1n) is 6.90. The van der Waals surface area contributed by atoms with E-state index in [-0.39, 0.29) is 0 Å². The fourth-order valence-electron chi connectivity index (χ4n) is 2.62. The van der Waals surface area contributed by atoms with Crippen molar-refractivity contribution in [1.82, 2.24) is 0 Å². The lowest BCUT2D eigenvalue weighted by molar-refractivity contribution is 0.397. The number of hydrogen-bond donors (Lipinski definition) is 1. The number of halogens is 1. The van der Waals surface area contributed by atoms with Gasteiger partial charge in [0.1, 0.15) is 0 Å². The predicted molar refractivity (Wildman–Crippen MR) is 84.0 cm³/mol. The summed E-state index contributed by atoms with van der Waals surface area (Å²) in [6.45, 7) is 0. The first-order valence-corrected chi connectivity index (χ1v) is 8.68. The van der Waals surface area contributed by atoms with Crippen LogP contribution in [0, 0.1) is 5.92 Å². The van der Waals surface area contributed by atoms with E-state index in [0.29, 0.717) is 6.04 Å². The molecule has 0 amide bonds. The molecule has 2 rings (SSSR count). The Hall–Kier alpha value is 0.01000. The van der Waals surface area contributed by atoms with Crippen LogP contribution in [0.4, 0.5) is 0 Å². The highest BCUT2D eigenvalue weighted by molar-refractivity contribution is 9.10. The maximum Gasteiger partial charge on any atom is 0.0311 e. The summed E-state index contributed by atoms with van der Waals surface area (Å²) in [5.41, 5.74) is 6.38. The van der Waals surface area contributed by atoms with Gasteiger partial charge in [-0.05, 0) is 46.8 Å². The average Bonchev–Trinajstić information content (AvgIpc) is 2.66. The van der Waals surface area contributed by atoms with Gasteiger partial charge in [-0.2, -0.15) is 0 Å². The minimum absolute atomic E-state index is 0.347. The maximum atomic E-state index is 6.38. The van der Waals surface area contributed by atoms with Crippen molar-refractivity contribution in [3.63, 3.8) is 0 Å². The van der Waals surface area contributed by atoms with E-state index < -0.39 is 0 Å². The van der Waals surface area contributed by atoms with Gasteiger partial charge in [-0.15, -0.1) is 11.8 Å². The summed E-state index contributed by atoms with van der Waals surface area (Å²) in [4.78, 5) is 1.31. The molecule has 1 aromatic carbocycles. The minimum Gasteiger partial charge on any atom is -0.327 e. The van der Waals surface area contributed by atoms with Gasteiger partial charge in [0.25, 0.3) is 0 Å². The van der Waals surface area contributed by atoms with E-state index in [4.69, 9.17) is 5.73 Å². The molecule has 100 valence electrons. The Balaban J connectivity index is 1.83. The van der Waals surface area contributed by atoms with Crippen molar-refractivity contribution in [2.45, 2.75) is 49.5 Å². The number of benzene rings is 1. The van der Waals surface area contributed by atoms with Crippen LogP contribution >= 0.6 is 27.7 Å². The molecule has 1 aromatic rings. The zero-order valence-electron chi connectivity index (χ0n) is 10.8. The van der Waals surface area contributed by atoms with E-state index in [1.54, 1.807) is 0 Å². The van der Waals surface area contributed by atoms with Gasteiger partial charge in [0, 0.05) is 21.2 Å². The van der Waals surface area contributed by atoms with Gasteiger partial charge in [-0.3, -0.25) is 0 Å². The van der Waals surface area contributed by atoms with Crippen LogP contribution in [-0.4, -0.2) is 11.8 Å². The molecule has 1 nitrogen and oxygen atoms in total. The second-order valence-electron chi connectivity index (χ2n) is 5.16. The van der Waals surface area contributed by atoms with Crippen molar-refractivity contribution >= 4 is 27.7 Å². The highest BCUT2D eigenvalue weighted by Crippen LogP contribution is 2.31. The van der Waals surface area contributed by atoms with Gasteiger partial charge in [0.15, 0.2) is 0 Å². The molecule has 0 aromatic heterocycles. The lowest BCUT2D eigenvalue weighted by Gasteiger charge is -2.22. The molecular formula is C15H22BrNS. The molecule has 0 spiro atoms. The largest absolute Gasteiger partial charge is 0.327 e. The fraction of sp³-hybridized carbons (Fsp3) is 0.600. The zero-order chi connectivity index (χ0) is 12.8. The van der Waals surface area contributed by atoms with Crippen LogP contribution in [0.15, 0.2) is 33.6 Å². The zero-order valence-corrected chi connectivity index (χ0v) is 13.2. The Labute approximate surface area is 123 Å². The average molecular weight is 328 g/mol. The minimum atomic E-state index is 0.347. The lowest BCUT2D eigenvalue weighted by Crippen LogP contribution is -2.32. The molecule has 0 heterocycles. The van der Waals surface area contributed by atoms with E-state index in [1.807, 2.05) is 11.8 Å². The van der Waals surface area contributed by atoms with E-state index in [2.05, 4.69) is 40.2 Å². The fourth-order valence-corrected chi connectivity index (χ4v) is 4.28. The smallest absolute Gasteiger partial charge is 0.0311 e. The number of rotatable bonds is 4. The predicted octanol–water partition coefficient (Wildman–Crippen LogP) is 4.84. The number of hydrogen-bond acceptors (Lipinski definition) is 2. The van der Waals surface area contributed by atoms with Crippen molar-refractivity contribution in [2.24, 2.45) is 11.7 Å². The Morgan fingerprint density at radius 1 is 1.17 bits per heavy atom. The summed E-state index contributed by atoms with van der Waals surface area (Å²) in [5.74, 6) is 1.77. The van der Waals surface area contributed by atoms with Crippen molar-refractivity contribution in [3.05, 3.63) is 28.7 Å². The van der Waals surface area contributed by atoms with Gasteiger partial charge < -0.3 is 5.73 Å². The molecular weight excluding hydrogens is 306 g/mol. The highest BCUT2D eigenvalue weighted by atomic mass is 79.9. The normalized spacial score (nSPS) is 19.4. The van der Waals surface area contributed by atoms with Crippen molar-refractivity contribution < 1.29 is 0 Å². The molecule has 1 aliphatic carbocycles. The quantitative estimate of drug-likeness (QED) is 0.632. The molecule has 0 radical (unpaired) electrons. The Bertz CT molecular complexity index is 361. The SMILES string of the molecule is NC(CSc1ccccc1Br)C1CCCCCC1. The summed E-state index contributed by atoms with van der Waals surface area (Å²) in [6.07, 6.45) is 8.21. The maximum absolute atomic E-state index is 6.38. The second kappa shape index (κ2) is 7.56. The summed E-state index contributed by atoms with van der Waals surface area (Å²) in [7, 11) is 0. The monoisotopic (exact) mass is 327 g/mol. The lowest BCUT2D eigenvalue weighted by atomic mass is 9.94. The molecule has 1 atom stereocenters.